The highest BCUT2D eigenvalue weighted by Crippen LogP contribution is 2.44. The summed E-state index contributed by atoms with van der Waals surface area (Å²) in [6, 6.07) is 58.3. The Morgan fingerprint density at radius 3 is 1.60 bits per heavy atom. The molecule has 0 aliphatic rings. The van der Waals surface area contributed by atoms with Gasteiger partial charge in [-0.1, -0.05) is 127 Å². The summed E-state index contributed by atoms with van der Waals surface area (Å²) < 4.78 is 6.09. The summed E-state index contributed by atoms with van der Waals surface area (Å²) >= 11 is 0. The first kappa shape index (κ1) is 25.5. The average molecular weight is 574 g/mol. The minimum Gasteiger partial charge on any atom is -0.436 e. The third kappa shape index (κ3) is 4.30. The molecule has 9 rings (SSSR count). The standard InChI is InChI=1S/C43H27NO/c1-2-12-29(13-3-1)43-44-39-27-32(23-24-40(39)45-43)31-15-10-16-33(26-31)41-35-17-6-8-19-37(35)42(38-20-9-7-18-36(38)41)34-22-21-28-11-4-5-14-30(28)25-34/h1-27H. The lowest BCUT2D eigenvalue weighted by molar-refractivity contribution is 0.620. The first-order valence-corrected chi connectivity index (χ1v) is 15.3. The number of oxazole rings is 1. The fraction of sp³-hybridized carbons (Fsp3) is 0. The van der Waals surface area contributed by atoms with Gasteiger partial charge in [-0.25, -0.2) is 4.98 Å². The SMILES string of the molecule is c1ccc(-c2nc3cc(-c4cccc(-c5c6ccccc6c(-c6ccc7ccccc7c6)c6ccccc56)c4)ccc3o2)cc1. The van der Waals surface area contributed by atoms with Crippen LogP contribution in [0.4, 0.5) is 0 Å². The number of aromatic nitrogens is 1. The third-order valence-electron chi connectivity index (χ3n) is 8.86. The molecule has 0 atom stereocenters. The van der Waals surface area contributed by atoms with Gasteiger partial charge in [0.15, 0.2) is 5.58 Å². The monoisotopic (exact) mass is 573 g/mol. The van der Waals surface area contributed by atoms with E-state index in [4.69, 9.17) is 9.40 Å². The summed E-state index contributed by atoms with van der Waals surface area (Å²) in [6.07, 6.45) is 0. The highest BCUT2D eigenvalue weighted by molar-refractivity contribution is 6.21. The van der Waals surface area contributed by atoms with Gasteiger partial charge in [0, 0.05) is 5.56 Å². The Morgan fingerprint density at radius 2 is 0.889 bits per heavy atom. The van der Waals surface area contributed by atoms with E-state index in [-0.39, 0.29) is 0 Å². The quantitative estimate of drug-likeness (QED) is 0.196. The van der Waals surface area contributed by atoms with Crippen LogP contribution in [0.25, 0.3) is 88.3 Å². The number of benzene rings is 8. The maximum absolute atomic E-state index is 6.09. The summed E-state index contributed by atoms with van der Waals surface area (Å²) in [5.41, 5.74) is 9.82. The van der Waals surface area contributed by atoms with Crippen molar-refractivity contribution in [1.29, 1.82) is 0 Å². The van der Waals surface area contributed by atoms with E-state index in [9.17, 15) is 0 Å². The van der Waals surface area contributed by atoms with E-state index in [1.54, 1.807) is 0 Å². The molecule has 0 bridgehead atoms. The molecular weight excluding hydrogens is 546 g/mol. The first-order valence-electron chi connectivity index (χ1n) is 15.3. The molecule has 1 heterocycles. The van der Waals surface area contributed by atoms with Crippen LogP contribution in [0, 0.1) is 0 Å². The zero-order valence-electron chi connectivity index (χ0n) is 24.4. The highest BCUT2D eigenvalue weighted by atomic mass is 16.3. The van der Waals surface area contributed by atoms with Crippen molar-refractivity contribution in [2.45, 2.75) is 0 Å². The van der Waals surface area contributed by atoms with E-state index in [0.717, 1.165) is 27.8 Å². The summed E-state index contributed by atoms with van der Waals surface area (Å²) in [6.45, 7) is 0. The van der Waals surface area contributed by atoms with E-state index in [0.29, 0.717) is 5.89 Å². The van der Waals surface area contributed by atoms with Crippen molar-refractivity contribution < 1.29 is 4.42 Å². The van der Waals surface area contributed by atoms with Gasteiger partial charge in [-0.3, -0.25) is 0 Å². The van der Waals surface area contributed by atoms with Gasteiger partial charge >= 0.3 is 0 Å². The topological polar surface area (TPSA) is 26.0 Å². The number of fused-ring (bicyclic) bond motifs is 4. The summed E-state index contributed by atoms with van der Waals surface area (Å²) in [5, 5.41) is 7.50. The van der Waals surface area contributed by atoms with Crippen molar-refractivity contribution in [3.8, 4) is 44.8 Å². The fourth-order valence-electron chi connectivity index (χ4n) is 6.76. The Bertz CT molecular complexity index is 2480. The average Bonchev–Trinajstić information content (AvgIpc) is 3.55. The van der Waals surface area contributed by atoms with Gasteiger partial charge in [-0.2, -0.15) is 0 Å². The van der Waals surface area contributed by atoms with Crippen molar-refractivity contribution in [2.24, 2.45) is 0 Å². The number of rotatable bonds is 4. The lowest BCUT2D eigenvalue weighted by Gasteiger charge is -2.18. The Morgan fingerprint density at radius 1 is 0.356 bits per heavy atom. The summed E-state index contributed by atoms with van der Waals surface area (Å²) in [7, 11) is 0. The Balaban J connectivity index is 1.22. The Kier molecular flexibility index (Phi) is 5.85. The minimum atomic E-state index is 0.640. The molecule has 45 heavy (non-hydrogen) atoms. The number of hydrogen-bond acceptors (Lipinski definition) is 2. The van der Waals surface area contributed by atoms with E-state index >= 15 is 0 Å². The van der Waals surface area contributed by atoms with E-state index in [2.05, 4.69) is 127 Å². The first-order chi connectivity index (χ1) is 22.3. The number of nitrogens with zero attached hydrogens (tertiary/aromatic N) is 1. The molecule has 2 nitrogen and oxygen atoms in total. The van der Waals surface area contributed by atoms with E-state index in [1.165, 1.54) is 54.6 Å². The van der Waals surface area contributed by atoms with Crippen LogP contribution in [-0.2, 0) is 0 Å². The van der Waals surface area contributed by atoms with Crippen LogP contribution >= 0.6 is 0 Å². The van der Waals surface area contributed by atoms with E-state index in [1.807, 2.05) is 36.4 Å². The van der Waals surface area contributed by atoms with Crippen LogP contribution in [0.1, 0.15) is 0 Å². The van der Waals surface area contributed by atoms with Crippen molar-refractivity contribution in [3.05, 3.63) is 164 Å². The van der Waals surface area contributed by atoms with Gasteiger partial charge < -0.3 is 4.42 Å². The van der Waals surface area contributed by atoms with Gasteiger partial charge in [-0.05, 0) is 102 Å². The molecule has 0 radical (unpaired) electrons. The van der Waals surface area contributed by atoms with E-state index < -0.39 is 0 Å². The second-order valence-corrected chi connectivity index (χ2v) is 11.6. The minimum absolute atomic E-state index is 0.640. The molecular formula is C43H27NO. The molecule has 0 saturated heterocycles. The molecule has 0 saturated carbocycles. The van der Waals surface area contributed by atoms with Crippen LogP contribution < -0.4 is 0 Å². The third-order valence-corrected chi connectivity index (χ3v) is 8.86. The van der Waals surface area contributed by atoms with Gasteiger partial charge in [0.1, 0.15) is 5.52 Å². The number of hydrogen-bond donors (Lipinski definition) is 0. The van der Waals surface area contributed by atoms with Crippen LogP contribution in [-0.4, -0.2) is 4.98 Å². The molecule has 0 N–H and O–H groups in total. The van der Waals surface area contributed by atoms with Crippen LogP contribution in [0.15, 0.2) is 168 Å². The molecule has 0 aliphatic heterocycles. The van der Waals surface area contributed by atoms with Gasteiger partial charge in [0.2, 0.25) is 5.89 Å². The molecule has 9 aromatic rings. The molecule has 8 aromatic carbocycles. The Hall–Kier alpha value is -5.99. The molecule has 2 heteroatoms. The van der Waals surface area contributed by atoms with Crippen LogP contribution in [0.5, 0.6) is 0 Å². The van der Waals surface area contributed by atoms with Crippen LogP contribution in [0.3, 0.4) is 0 Å². The van der Waals surface area contributed by atoms with Gasteiger partial charge in [0.25, 0.3) is 0 Å². The molecule has 0 unspecified atom stereocenters. The second kappa shape index (κ2) is 10.3. The molecule has 210 valence electrons. The predicted molar refractivity (Wildman–Crippen MR) is 188 cm³/mol. The van der Waals surface area contributed by atoms with Crippen LogP contribution in [0.2, 0.25) is 0 Å². The predicted octanol–water partition coefficient (Wildman–Crippen LogP) is 12.0. The van der Waals surface area contributed by atoms with Gasteiger partial charge in [-0.15, -0.1) is 0 Å². The van der Waals surface area contributed by atoms with Crippen molar-refractivity contribution >= 4 is 43.4 Å². The lowest BCUT2D eigenvalue weighted by atomic mass is 9.85. The summed E-state index contributed by atoms with van der Waals surface area (Å²) in [4.78, 5) is 4.82. The largest absolute Gasteiger partial charge is 0.436 e. The zero-order chi connectivity index (χ0) is 29.7. The Labute approximate surface area is 260 Å². The smallest absolute Gasteiger partial charge is 0.227 e. The molecule has 1 aromatic heterocycles. The molecule has 0 fully saturated rings. The molecule has 0 spiro atoms. The van der Waals surface area contributed by atoms with Crippen molar-refractivity contribution in [3.63, 3.8) is 0 Å². The van der Waals surface area contributed by atoms with Crippen molar-refractivity contribution in [2.75, 3.05) is 0 Å². The molecule has 0 amide bonds. The maximum Gasteiger partial charge on any atom is 0.227 e. The van der Waals surface area contributed by atoms with Gasteiger partial charge in [0.05, 0.1) is 0 Å². The molecule has 0 aliphatic carbocycles. The second-order valence-electron chi connectivity index (χ2n) is 11.6. The normalized spacial score (nSPS) is 11.6. The fourth-order valence-corrected chi connectivity index (χ4v) is 6.76. The maximum atomic E-state index is 6.09. The lowest BCUT2D eigenvalue weighted by Crippen LogP contribution is -1.91. The summed E-state index contributed by atoms with van der Waals surface area (Å²) in [5.74, 6) is 0.640. The highest BCUT2D eigenvalue weighted by Gasteiger charge is 2.17. The zero-order valence-corrected chi connectivity index (χ0v) is 24.4. The van der Waals surface area contributed by atoms with Crippen molar-refractivity contribution in [1.82, 2.24) is 4.98 Å².